The Morgan fingerprint density at radius 2 is 2.27 bits per heavy atom. The molecule has 6 nitrogen and oxygen atoms in total. The lowest BCUT2D eigenvalue weighted by molar-refractivity contribution is -0.179. The van der Waals surface area contributed by atoms with Gasteiger partial charge >= 0.3 is 5.97 Å². The zero-order valence-corrected chi connectivity index (χ0v) is 12.9. The first-order valence-corrected chi connectivity index (χ1v) is 7.56. The van der Waals surface area contributed by atoms with Crippen LogP contribution in [0.5, 0.6) is 0 Å². The van der Waals surface area contributed by atoms with Crippen molar-refractivity contribution in [3.63, 3.8) is 0 Å². The standard InChI is InChI=1S/C16H21NO5/c1-15(2)10-16(5-7-21-15)12(8-13(18)22-16)14(19)17-9-11-4-3-6-20-11/h3-4,6,12H,5,7-10H2,1-2H3,(H,17,19)/t12-,16+/m0/s1. The van der Waals surface area contributed by atoms with Crippen LogP contribution in [0.3, 0.4) is 0 Å². The van der Waals surface area contributed by atoms with Gasteiger partial charge < -0.3 is 19.2 Å². The number of esters is 1. The van der Waals surface area contributed by atoms with E-state index >= 15 is 0 Å². The Morgan fingerprint density at radius 3 is 2.95 bits per heavy atom. The monoisotopic (exact) mass is 307 g/mol. The molecule has 2 atom stereocenters. The minimum atomic E-state index is -0.744. The molecule has 3 rings (SSSR count). The van der Waals surface area contributed by atoms with Gasteiger partial charge in [-0.3, -0.25) is 9.59 Å². The summed E-state index contributed by atoms with van der Waals surface area (Å²) in [4.78, 5) is 24.4. The number of ether oxygens (including phenoxy) is 2. The molecule has 2 saturated heterocycles. The van der Waals surface area contributed by atoms with E-state index in [-0.39, 0.29) is 18.3 Å². The molecule has 1 amide bonds. The summed E-state index contributed by atoms with van der Waals surface area (Å²) < 4.78 is 16.5. The van der Waals surface area contributed by atoms with Gasteiger partial charge in [0, 0.05) is 12.8 Å². The molecule has 22 heavy (non-hydrogen) atoms. The second-order valence-corrected chi connectivity index (χ2v) is 6.63. The summed E-state index contributed by atoms with van der Waals surface area (Å²) >= 11 is 0. The van der Waals surface area contributed by atoms with Crippen LogP contribution >= 0.6 is 0 Å². The minimum absolute atomic E-state index is 0.125. The van der Waals surface area contributed by atoms with Crippen molar-refractivity contribution in [2.75, 3.05) is 6.61 Å². The fourth-order valence-electron chi connectivity index (χ4n) is 3.48. The summed E-state index contributed by atoms with van der Waals surface area (Å²) in [6.07, 6.45) is 2.78. The van der Waals surface area contributed by atoms with Crippen LogP contribution in [0.15, 0.2) is 22.8 Å². The Labute approximate surface area is 129 Å². The third-order valence-corrected chi connectivity index (χ3v) is 4.40. The van der Waals surface area contributed by atoms with Gasteiger partial charge in [0.05, 0.1) is 37.4 Å². The number of carbonyl (C=O) groups excluding carboxylic acids is 2. The van der Waals surface area contributed by atoms with Crippen molar-refractivity contribution in [1.82, 2.24) is 5.32 Å². The van der Waals surface area contributed by atoms with Gasteiger partial charge in [0.15, 0.2) is 0 Å². The fourth-order valence-corrected chi connectivity index (χ4v) is 3.48. The molecule has 1 aromatic heterocycles. The molecule has 1 aromatic rings. The topological polar surface area (TPSA) is 77.8 Å². The second-order valence-electron chi connectivity index (χ2n) is 6.63. The normalized spacial score (nSPS) is 30.3. The molecular formula is C16H21NO5. The highest BCUT2D eigenvalue weighted by Crippen LogP contribution is 2.45. The van der Waals surface area contributed by atoms with E-state index < -0.39 is 17.1 Å². The highest BCUT2D eigenvalue weighted by atomic mass is 16.6. The van der Waals surface area contributed by atoms with Crippen LogP contribution in [-0.2, 0) is 25.6 Å². The van der Waals surface area contributed by atoms with Gasteiger partial charge in [0.2, 0.25) is 5.91 Å². The minimum Gasteiger partial charge on any atom is -0.467 e. The van der Waals surface area contributed by atoms with Gasteiger partial charge in [-0.2, -0.15) is 0 Å². The lowest BCUT2D eigenvalue weighted by Gasteiger charge is -2.43. The number of furan rings is 1. The molecule has 0 aromatic carbocycles. The van der Waals surface area contributed by atoms with E-state index in [0.29, 0.717) is 31.8 Å². The first kappa shape index (κ1) is 15.1. The molecule has 2 aliphatic rings. The Kier molecular flexibility index (Phi) is 3.72. The summed E-state index contributed by atoms with van der Waals surface area (Å²) in [6, 6.07) is 3.57. The van der Waals surface area contributed by atoms with Crippen molar-refractivity contribution in [2.24, 2.45) is 5.92 Å². The van der Waals surface area contributed by atoms with Gasteiger partial charge in [-0.1, -0.05) is 0 Å². The Balaban J connectivity index is 1.72. The van der Waals surface area contributed by atoms with Gasteiger partial charge in [-0.05, 0) is 26.0 Å². The van der Waals surface area contributed by atoms with Crippen molar-refractivity contribution in [3.8, 4) is 0 Å². The molecule has 2 fully saturated rings. The smallest absolute Gasteiger partial charge is 0.307 e. The van der Waals surface area contributed by atoms with E-state index in [4.69, 9.17) is 13.9 Å². The zero-order valence-electron chi connectivity index (χ0n) is 12.9. The van der Waals surface area contributed by atoms with Gasteiger partial charge in [-0.25, -0.2) is 0 Å². The molecule has 3 heterocycles. The fraction of sp³-hybridized carbons (Fsp3) is 0.625. The Bertz CT molecular complexity index is 565. The van der Waals surface area contributed by atoms with Crippen LogP contribution in [0, 0.1) is 5.92 Å². The van der Waals surface area contributed by atoms with Crippen LogP contribution in [-0.4, -0.2) is 29.7 Å². The Morgan fingerprint density at radius 1 is 1.45 bits per heavy atom. The average Bonchev–Trinajstić information content (AvgIpc) is 3.03. The predicted octanol–water partition coefficient (Wildman–Crippen LogP) is 1.79. The van der Waals surface area contributed by atoms with Crippen molar-refractivity contribution < 1.29 is 23.5 Å². The average molecular weight is 307 g/mol. The van der Waals surface area contributed by atoms with Gasteiger partial charge in [0.1, 0.15) is 11.4 Å². The lowest BCUT2D eigenvalue weighted by atomic mass is 9.75. The Hall–Kier alpha value is -1.82. The van der Waals surface area contributed by atoms with Crippen LogP contribution in [0.4, 0.5) is 0 Å². The number of nitrogens with one attached hydrogen (secondary N) is 1. The molecule has 6 heteroatoms. The molecule has 2 aliphatic heterocycles. The molecule has 0 unspecified atom stereocenters. The third-order valence-electron chi connectivity index (χ3n) is 4.40. The molecule has 0 radical (unpaired) electrons. The molecule has 1 N–H and O–H groups in total. The maximum Gasteiger partial charge on any atom is 0.307 e. The zero-order chi connectivity index (χ0) is 15.8. The van der Waals surface area contributed by atoms with Crippen molar-refractivity contribution in [2.45, 2.75) is 50.9 Å². The van der Waals surface area contributed by atoms with Gasteiger partial charge in [0.25, 0.3) is 0 Å². The third kappa shape index (κ3) is 2.88. The lowest BCUT2D eigenvalue weighted by Crippen LogP contribution is -2.52. The van der Waals surface area contributed by atoms with E-state index in [9.17, 15) is 9.59 Å². The van der Waals surface area contributed by atoms with Crippen LogP contribution < -0.4 is 5.32 Å². The highest BCUT2D eigenvalue weighted by molar-refractivity contribution is 5.87. The molecule has 0 aliphatic carbocycles. The van der Waals surface area contributed by atoms with E-state index in [0.717, 1.165) is 0 Å². The first-order chi connectivity index (χ1) is 10.4. The number of rotatable bonds is 3. The quantitative estimate of drug-likeness (QED) is 0.861. The number of hydrogen-bond donors (Lipinski definition) is 1. The number of carbonyl (C=O) groups is 2. The summed E-state index contributed by atoms with van der Waals surface area (Å²) in [6.45, 7) is 4.71. The number of amides is 1. The molecule has 0 bridgehead atoms. The summed E-state index contributed by atoms with van der Waals surface area (Å²) in [5.41, 5.74) is -1.14. The molecule has 120 valence electrons. The summed E-state index contributed by atoms with van der Waals surface area (Å²) in [5, 5.41) is 2.84. The second kappa shape index (κ2) is 5.43. The van der Waals surface area contributed by atoms with Crippen molar-refractivity contribution >= 4 is 11.9 Å². The van der Waals surface area contributed by atoms with E-state index in [1.807, 2.05) is 13.8 Å². The highest BCUT2D eigenvalue weighted by Gasteiger charge is 2.56. The van der Waals surface area contributed by atoms with E-state index in [1.165, 1.54) is 0 Å². The number of hydrogen-bond acceptors (Lipinski definition) is 5. The maximum atomic E-state index is 12.5. The molecular weight excluding hydrogens is 286 g/mol. The van der Waals surface area contributed by atoms with Gasteiger partial charge in [-0.15, -0.1) is 0 Å². The first-order valence-electron chi connectivity index (χ1n) is 7.56. The van der Waals surface area contributed by atoms with Crippen molar-refractivity contribution in [1.29, 1.82) is 0 Å². The van der Waals surface area contributed by atoms with E-state index in [1.54, 1.807) is 18.4 Å². The molecule has 1 spiro atoms. The predicted molar refractivity (Wildman–Crippen MR) is 76.7 cm³/mol. The van der Waals surface area contributed by atoms with Crippen LogP contribution in [0.2, 0.25) is 0 Å². The largest absolute Gasteiger partial charge is 0.467 e. The van der Waals surface area contributed by atoms with E-state index in [2.05, 4.69) is 5.32 Å². The summed E-state index contributed by atoms with van der Waals surface area (Å²) in [5.74, 6) is -0.270. The van der Waals surface area contributed by atoms with Crippen molar-refractivity contribution in [3.05, 3.63) is 24.2 Å². The van der Waals surface area contributed by atoms with Crippen LogP contribution in [0.1, 0.15) is 38.9 Å². The SMILES string of the molecule is CC1(C)C[C@@]2(CCO1)OC(=O)C[C@H]2C(=O)NCc1ccco1. The molecule has 0 saturated carbocycles. The summed E-state index contributed by atoms with van der Waals surface area (Å²) in [7, 11) is 0. The maximum absolute atomic E-state index is 12.5. The van der Waals surface area contributed by atoms with Crippen LogP contribution in [0.25, 0.3) is 0 Å².